The highest BCUT2D eigenvalue weighted by atomic mass is 35.5. The molecule has 1 N–H and O–H groups in total. The van der Waals surface area contributed by atoms with Gasteiger partial charge in [0.1, 0.15) is 5.75 Å². The Labute approximate surface area is 102 Å². The van der Waals surface area contributed by atoms with Crippen LogP contribution in [-0.4, -0.2) is 20.2 Å². The molecule has 0 bridgehead atoms. The van der Waals surface area contributed by atoms with Crippen LogP contribution in [0.3, 0.4) is 0 Å². The lowest BCUT2D eigenvalue weighted by Crippen LogP contribution is -2.27. The van der Waals surface area contributed by atoms with Gasteiger partial charge in [-0.25, -0.2) is 0 Å². The number of nitrogens with one attached hydrogen (secondary N) is 1. The van der Waals surface area contributed by atoms with Gasteiger partial charge in [0.25, 0.3) is 0 Å². The molecular weight excluding hydrogens is 222 g/mol. The van der Waals surface area contributed by atoms with E-state index in [2.05, 4.69) is 12.2 Å². The minimum absolute atomic E-state index is 0.579. The number of benzene rings is 1. The van der Waals surface area contributed by atoms with Crippen LogP contribution < -0.4 is 10.1 Å². The summed E-state index contributed by atoms with van der Waals surface area (Å²) < 4.78 is 5.46. The van der Waals surface area contributed by atoms with E-state index in [1.165, 1.54) is 11.1 Å². The maximum absolute atomic E-state index is 6.19. The zero-order chi connectivity index (χ0) is 11.5. The first-order chi connectivity index (χ1) is 7.74. The molecule has 2 nitrogen and oxygen atoms in total. The highest BCUT2D eigenvalue weighted by Gasteiger charge is 2.21. The fraction of sp³-hybridized carbons (Fsp3) is 0.538. The Bertz CT molecular complexity index is 372. The standard InChI is InChI=1S/C13H18ClNO/c1-9-11(14)3-4-12(16-2)13(9)10-5-7-15-8-6-10/h3-4,10,15H,5-8H2,1-2H3. The largest absolute Gasteiger partial charge is 0.496 e. The molecule has 1 fully saturated rings. The maximum atomic E-state index is 6.19. The molecule has 3 heteroatoms. The van der Waals surface area contributed by atoms with Gasteiger partial charge in [0, 0.05) is 10.6 Å². The van der Waals surface area contributed by atoms with Crippen LogP contribution in [-0.2, 0) is 0 Å². The lowest BCUT2D eigenvalue weighted by Gasteiger charge is -2.26. The van der Waals surface area contributed by atoms with Crippen molar-refractivity contribution in [3.63, 3.8) is 0 Å². The van der Waals surface area contributed by atoms with Crippen molar-refractivity contribution in [1.29, 1.82) is 0 Å². The summed E-state index contributed by atoms with van der Waals surface area (Å²) in [5.74, 6) is 1.56. The molecule has 16 heavy (non-hydrogen) atoms. The van der Waals surface area contributed by atoms with E-state index in [9.17, 15) is 0 Å². The summed E-state index contributed by atoms with van der Waals surface area (Å²) in [6.45, 7) is 4.25. The van der Waals surface area contributed by atoms with Crippen molar-refractivity contribution in [3.05, 3.63) is 28.3 Å². The van der Waals surface area contributed by atoms with Crippen LogP contribution in [0.5, 0.6) is 5.75 Å². The Kier molecular flexibility index (Phi) is 3.72. The van der Waals surface area contributed by atoms with Gasteiger partial charge in [0.05, 0.1) is 7.11 Å². The summed E-state index contributed by atoms with van der Waals surface area (Å²) >= 11 is 6.19. The van der Waals surface area contributed by atoms with Crippen molar-refractivity contribution in [2.24, 2.45) is 0 Å². The van der Waals surface area contributed by atoms with Crippen LogP contribution in [0.4, 0.5) is 0 Å². The van der Waals surface area contributed by atoms with Crippen LogP contribution in [0.15, 0.2) is 12.1 Å². The first-order valence-electron chi connectivity index (χ1n) is 5.77. The van der Waals surface area contributed by atoms with E-state index in [-0.39, 0.29) is 0 Å². The first kappa shape index (κ1) is 11.7. The Morgan fingerprint density at radius 3 is 2.62 bits per heavy atom. The van der Waals surface area contributed by atoms with Gasteiger partial charge in [-0.05, 0) is 56.5 Å². The Balaban J connectivity index is 2.39. The highest BCUT2D eigenvalue weighted by Crippen LogP contribution is 2.37. The van der Waals surface area contributed by atoms with Gasteiger partial charge in [-0.1, -0.05) is 11.6 Å². The van der Waals surface area contributed by atoms with E-state index in [0.717, 1.165) is 36.7 Å². The summed E-state index contributed by atoms with van der Waals surface area (Å²) in [5, 5.41) is 4.22. The summed E-state index contributed by atoms with van der Waals surface area (Å²) in [6.07, 6.45) is 2.33. The Hall–Kier alpha value is -0.730. The first-order valence-corrected chi connectivity index (χ1v) is 6.15. The highest BCUT2D eigenvalue weighted by molar-refractivity contribution is 6.31. The number of piperidine rings is 1. The molecule has 0 spiro atoms. The van der Waals surface area contributed by atoms with Crippen molar-refractivity contribution in [2.75, 3.05) is 20.2 Å². The van der Waals surface area contributed by atoms with Crippen LogP contribution in [0.2, 0.25) is 5.02 Å². The van der Waals surface area contributed by atoms with Crippen molar-refractivity contribution in [1.82, 2.24) is 5.32 Å². The summed E-state index contributed by atoms with van der Waals surface area (Å²) in [5.41, 5.74) is 2.48. The molecule has 0 aromatic heterocycles. The van der Waals surface area contributed by atoms with Crippen molar-refractivity contribution in [2.45, 2.75) is 25.7 Å². The number of halogens is 1. The molecular formula is C13H18ClNO. The second-order valence-corrected chi connectivity index (χ2v) is 4.72. The third-order valence-electron chi connectivity index (χ3n) is 3.38. The fourth-order valence-electron chi connectivity index (χ4n) is 2.47. The topological polar surface area (TPSA) is 21.3 Å². The van der Waals surface area contributed by atoms with Crippen LogP contribution in [0.25, 0.3) is 0 Å². The molecule has 0 saturated carbocycles. The number of hydrogen-bond acceptors (Lipinski definition) is 2. The smallest absolute Gasteiger partial charge is 0.122 e. The molecule has 0 amide bonds. The molecule has 1 aromatic rings. The van der Waals surface area contributed by atoms with Crippen LogP contribution in [0, 0.1) is 6.92 Å². The van der Waals surface area contributed by atoms with Gasteiger partial charge >= 0.3 is 0 Å². The van der Waals surface area contributed by atoms with E-state index >= 15 is 0 Å². The summed E-state index contributed by atoms with van der Waals surface area (Å²) in [7, 11) is 1.73. The molecule has 0 aliphatic carbocycles. The second kappa shape index (κ2) is 5.07. The molecule has 0 atom stereocenters. The second-order valence-electron chi connectivity index (χ2n) is 4.31. The molecule has 88 valence electrons. The summed E-state index contributed by atoms with van der Waals surface area (Å²) in [6, 6.07) is 3.90. The van der Waals surface area contributed by atoms with Gasteiger partial charge in [-0.3, -0.25) is 0 Å². The average molecular weight is 240 g/mol. The van der Waals surface area contributed by atoms with Crippen molar-refractivity contribution < 1.29 is 4.74 Å². The SMILES string of the molecule is COc1ccc(Cl)c(C)c1C1CCNCC1. The van der Waals surface area contributed by atoms with Crippen LogP contribution >= 0.6 is 11.6 Å². The van der Waals surface area contributed by atoms with Gasteiger partial charge in [-0.15, -0.1) is 0 Å². The lowest BCUT2D eigenvalue weighted by molar-refractivity contribution is 0.390. The van der Waals surface area contributed by atoms with E-state index in [0.29, 0.717) is 5.92 Å². The third kappa shape index (κ3) is 2.18. The Morgan fingerprint density at radius 2 is 2.00 bits per heavy atom. The fourth-order valence-corrected chi connectivity index (χ4v) is 2.64. The lowest BCUT2D eigenvalue weighted by atomic mass is 9.87. The molecule has 1 aliphatic heterocycles. The zero-order valence-corrected chi connectivity index (χ0v) is 10.6. The van der Waals surface area contributed by atoms with Gasteiger partial charge < -0.3 is 10.1 Å². The zero-order valence-electron chi connectivity index (χ0n) is 9.85. The molecule has 1 saturated heterocycles. The Morgan fingerprint density at radius 1 is 1.31 bits per heavy atom. The minimum atomic E-state index is 0.579. The summed E-state index contributed by atoms with van der Waals surface area (Å²) in [4.78, 5) is 0. The van der Waals surface area contributed by atoms with E-state index in [1.54, 1.807) is 7.11 Å². The number of methoxy groups -OCH3 is 1. The number of rotatable bonds is 2. The third-order valence-corrected chi connectivity index (χ3v) is 3.79. The normalized spacial score (nSPS) is 17.4. The van der Waals surface area contributed by atoms with E-state index < -0.39 is 0 Å². The van der Waals surface area contributed by atoms with E-state index in [4.69, 9.17) is 16.3 Å². The molecule has 2 rings (SSSR count). The molecule has 1 heterocycles. The number of ether oxygens (including phenoxy) is 1. The van der Waals surface area contributed by atoms with Gasteiger partial charge in [0.15, 0.2) is 0 Å². The van der Waals surface area contributed by atoms with Gasteiger partial charge in [-0.2, -0.15) is 0 Å². The molecule has 1 aliphatic rings. The van der Waals surface area contributed by atoms with Crippen LogP contribution in [0.1, 0.15) is 29.9 Å². The minimum Gasteiger partial charge on any atom is -0.496 e. The van der Waals surface area contributed by atoms with E-state index in [1.807, 2.05) is 12.1 Å². The predicted octanol–water partition coefficient (Wildman–Crippen LogP) is 3.12. The monoisotopic (exact) mass is 239 g/mol. The quantitative estimate of drug-likeness (QED) is 0.856. The number of hydrogen-bond donors (Lipinski definition) is 1. The molecule has 1 aromatic carbocycles. The maximum Gasteiger partial charge on any atom is 0.122 e. The van der Waals surface area contributed by atoms with Gasteiger partial charge in [0.2, 0.25) is 0 Å². The van der Waals surface area contributed by atoms with Crippen molar-refractivity contribution >= 4 is 11.6 Å². The predicted molar refractivity (Wildman–Crippen MR) is 67.6 cm³/mol. The van der Waals surface area contributed by atoms with Crippen molar-refractivity contribution in [3.8, 4) is 5.75 Å². The average Bonchev–Trinajstić information content (AvgIpc) is 2.33. The molecule has 0 unspecified atom stereocenters. The molecule has 0 radical (unpaired) electrons.